The number of ether oxygens (including phenoxy) is 2. The number of nitrogens with one attached hydrogen (secondary N) is 1. The van der Waals surface area contributed by atoms with Crippen molar-refractivity contribution in [3.05, 3.63) is 89.2 Å². The largest absolute Gasteiger partial charge is 0.491 e. The van der Waals surface area contributed by atoms with Crippen LogP contribution in [-0.4, -0.2) is 44.6 Å². The van der Waals surface area contributed by atoms with Gasteiger partial charge in [0.2, 0.25) is 0 Å². The first-order chi connectivity index (χ1) is 24.7. The number of nitrogens with zero attached hydrogens (tertiary/aromatic N) is 3. The molecular formula is C41H51ClN4O5. The third-order valence-electron chi connectivity index (χ3n) is 9.35. The van der Waals surface area contributed by atoms with Crippen LogP contribution in [-0.2, 0) is 20.9 Å². The molecule has 3 aromatic carbocycles. The smallest absolute Gasteiger partial charge is 0.418 e. The molecule has 4 aromatic rings. The first kappa shape index (κ1) is 37.9. The maximum atomic E-state index is 14.5. The van der Waals surface area contributed by atoms with Crippen molar-refractivity contribution >= 4 is 46.2 Å². The monoisotopic (exact) mass is 714 g/mol. The minimum absolute atomic E-state index is 0.224. The Balaban J connectivity index is 1.31. The number of fused-ring (bicyclic) bond motifs is 1. The first-order valence-corrected chi connectivity index (χ1v) is 18.9. The number of amides is 3. The van der Waals surface area contributed by atoms with E-state index in [1.807, 2.05) is 59.2 Å². The highest BCUT2D eigenvalue weighted by molar-refractivity contribution is 6.31. The zero-order valence-electron chi connectivity index (χ0n) is 30.2. The highest BCUT2D eigenvalue weighted by Crippen LogP contribution is 2.36. The Morgan fingerprint density at radius 3 is 2.14 bits per heavy atom. The number of imidazole rings is 1. The second kappa shape index (κ2) is 18.2. The van der Waals surface area contributed by atoms with Gasteiger partial charge in [0.05, 0.1) is 23.3 Å². The zero-order chi connectivity index (χ0) is 36.2. The molecule has 1 aliphatic rings. The number of rotatable bonds is 20. The Morgan fingerprint density at radius 2 is 1.49 bits per heavy atom. The van der Waals surface area contributed by atoms with Crippen LogP contribution >= 0.6 is 11.6 Å². The number of hydrogen-bond donors (Lipinski definition) is 1. The third kappa shape index (κ3) is 9.91. The fraction of sp³-hybridized carbons (Fsp3) is 0.463. The van der Waals surface area contributed by atoms with E-state index >= 15 is 0 Å². The van der Waals surface area contributed by atoms with Gasteiger partial charge < -0.3 is 19.4 Å². The highest BCUT2D eigenvalue weighted by Gasteiger charge is 2.53. The number of hydrogen-bond acceptors (Lipinski definition) is 6. The first-order valence-electron chi connectivity index (χ1n) is 18.5. The van der Waals surface area contributed by atoms with Gasteiger partial charge >= 0.3 is 6.09 Å². The van der Waals surface area contributed by atoms with Gasteiger partial charge in [-0.3, -0.25) is 9.59 Å². The molecule has 0 spiro atoms. The van der Waals surface area contributed by atoms with Crippen LogP contribution < -0.4 is 10.1 Å². The number of halogens is 1. The molecule has 1 saturated heterocycles. The van der Waals surface area contributed by atoms with Gasteiger partial charge in [-0.1, -0.05) is 132 Å². The van der Waals surface area contributed by atoms with Gasteiger partial charge in [-0.05, 0) is 56.2 Å². The maximum absolute atomic E-state index is 14.5. The Morgan fingerprint density at radius 1 is 0.863 bits per heavy atom. The predicted octanol–water partition coefficient (Wildman–Crippen LogP) is 10.3. The number of aromatic nitrogens is 2. The van der Waals surface area contributed by atoms with Crippen LogP contribution in [0.5, 0.6) is 5.75 Å². The van der Waals surface area contributed by atoms with Gasteiger partial charge in [0, 0.05) is 11.6 Å². The summed E-state index contributed by atoms with van der Waals surface area (Å²) in [6.07, 6.45) is 14.0. The molecule has 9 nitrogen and oxygen atoms in total. The fourth-order valence-electron chi connectivity index (χ4n) is 6.54. The van der Waals surface area contributed by atoms with Crippen molar-refractivity contribution in [2.24, 2.45) is 0 Å². The lowest BCUT2D eigenvalue weighted by Gasteiger charge is -2.25. The molecule has 0 radical (unpaired) electrons. The molecule has 1 unspecified atom stereocenters. The molecule has 3 amide bonds. The van der Waals surface area contributed by atoms with Crippen LogP contribution in [0.3, 0.4) is 0 Å². The molecule has 1 fully saturated rings. The Hall–Kier alpha value is -4.37. The van der Waals surface area contributed by atoms with E-state index in [2.05, 4.69) is 12.2 Å². The molecule has 10 heteroatoms. The van der Waals surface area contributed by atoms with Crippen molar-refractivity contribution in [3.63, 3.8) is 0 Å². The molecule has 5 rings (SSSR count). The van der Waals surface area contributed by atoms with E-state index < -0.39 is 29.6 Å². The van der Waals surface area contributed by atoms with E-state index in [1.165, 1.54) is 71.6 Å². The van der Waals surface area contributed by atoms with E-state index in [0.717, 1.165) is 35.2 Å². The van der Waals surface area contributed by atoms with Crippen LogP contribution in [0.2, 0.25) is 5.02 Å². The molecule has 2 heterocycles. The minimum atomic E-state index is -1.45. The summed E-state index contributed by atoms with van der Waals surface area (Å²) in [5.74, 6) is -0.620. The van der Waals surface area contributed by atoms with Gasteiger partial charge in [-0.15, -0.1) is 0 Å². The quantitative estimate of drug-likeness (QED) is 0.0914. The number of unbranched alkanes of at least 4 members (excludes halogenated alkanes) is 11. The Bertz CT molecular complexity index is 1770. The standard InChI is InChI=1S/C41H51ClN4O5/c1-4-5-6-7-8-9-10-11-12-13-14-20-27-50-35-26-25-31(42)28-33(35)44-38(47)36(46-39(48)41(2,3)51-40(46)49)37-43-32-23-18-19-24-34(32)45(37)29-30-21-16-15-17-22-30/h15-19,21-26,28,36H,4-14,20,27,29H2,1-3H3,(H,44,47). The van der Waals surface area contributed by atoms with Crippen molar-refractivity contribution in [1.29, 1.82) is 0 Å². The molecule has 272 valence electrons. The maximum Gasteiger partial charge on any atom is 0.418 e. The summed E-state index contributed by atoms with van der Waals surface area (Å²) in [4.78, 5) is 47.2. The van der Waals surface area contributed by atoms with E-state index in [0.29, 0.717) is 35.1 Å². The topological polar surface area (TPSA) is 103 Å². The SMILES string of the molecule is CCCCCCCCCCCCCCOc1ccc(Cl)cc1NC(=O)C(c1nc2ccccc2n1Cc1ccccc1)N1C(=O)OC(C)(C)C1=O. The van der Waals surface area contributed by atoms with Crippen LogP contribution in [0.1, 0.15) is 115 Å². The molecule has 51 heavy (non-hydrogen) atoms. The normalized spacial score (nSPS) is 14.5. The summed E-state index contributed by atoms with van der Waals surface area (Å²) in [7, 11) is 0. The van der Waals surface area contributed by atoms with E-state index in [4.69, 9.17) is 26.1 Å². The molecule has 0 bridgehead atoms. The molecule has 0 aliphatic carbocycles. The summed E-state index contributed by atoms with van der Waals surface area (Å²) < 4.78 is 13.5. The number of anilines is 1. The zero-order valence-corrected chi connectivity index (χ0v) is 30.9. The molecule has 1 N–H and O–H groups in total. The number of carbonyl (C=O) groups is 3. The van der Waals surface area contributed by atoms with Crippen LogP contribution in [0.15, 0.2) is 72.8 Å². The summed E-state index contributed by atoms with van der Waals surface area (Å²) in [5.41, 5.74) is 1.21. The summed E-state index contributed by atoms with van der Waals surface area (Å²) in [5, 5.41) is 3.32. The molecular weight excluding hydrogens is 664 g/mol. The lowest BCUT2D eigenvalue weighted by molar-refractivity contribution is -0.139. The van der Waals surface area contributed by atoms with Gasteiger partial charge in [0.1, 0.15) is 11.6 Å². The van der Waals surface area contributed by atoms with Crippen molar-refractivity contribution in [2.75, 3.05) is 11.9 Å². The fourth-order valence-corrected chi connectivity index (χ4v) is 6.72. The highest BCUT2D eigenvalue weighted by atomic mass is 35.5. The number of cyclic esters (lactones) is 1. The van der Waals surface area contributed by atoms with Crippen molar-refractivity contribution < 1.29 is 23.9 Å². The number of benzene rings is 3. The average molecular weight is 715 g/mol. The summed E-state index contributed by atoms with van der Waals surface area (Å²) >= 11 is 6.40. The third-order valence-corrected chi connectivity index (χ3v) is 9.58. The van der Waals surface area contributed by atoms with Gasteiger partial charge in [0.15, 0.2) is 11.6 Å². The average Bonchev–Trinajstić information content (AvgIpc) is 3.56. The molecule has 1 atom stereocenters. The lowest BCUT2D eigenvalue weighted by atomic mass is 10.1. The van der Waals surface area contributed by atoms with Gasteiger partial charge in [-0.25, -0.2) is 14.7 Å². The summed E-state index contributed by atoms with van der Waals surface area (Å²) in [6, 6.07) is 20.8. The Labute approximate surface area is 306 Å². The number of imide groups is 1. The number of carbonyl (C=O) groups excluding carboxylic acids is 3. The molecule has 0 saturated carbocycles. The lowest BCUT2D eigenvalue weighted by Crippen LogP contribution is -2.44. The number of para-hydroxylation sites is 2. The van der Waals surface area contributed by atoms with Crippen LogP contribution in [0, 0.1) is 0 Å². The van der Waals surface area contributed by atoms with Gasteiger partial charge in [-0.2, -0.15) is 0 Å². The van der Waals surface area contributed by atoms with Gasteiger partial charge in [0.25, 0.3) is 11.8 Å². The second-order valence-electron chi connectivity index (χ2n) is 13.9. The molecule has 1 aromatic heterocycles. The molecule has 1 aliphatic heterocycles. The van der Waals surface area contributed by atoms with E-state index in [9.17, 15) is 14.4 Å². The van der Waals surface area contributed by atoms with E-state index in [1.54, 1.807) is 18.2 Å². The summed E-state index contributed by atoms with van der Waals surface area (Å²) in [6.45, 7) is 6.09. The van der Waals surface area contributed by atoms with E-state index in [-0.39, 0.29) is 5.82 Å². The predicted molar refractivity (Wildman–Crippen MR) is 202 cm³/mol. The van der Waals surface area contributed by atoms with Crippen molar-refractivity contribution in [1.82, 2.24) is 14.5 Å². The van der Waals surface area contributed by atoms with Crippen molar-refractivity contribution in [2.45, 2.75) is 116 Å². The van der Waals surface area contributed by atoms with Crippen molar-refractivity contribution in [3.8, 4) is 5.75 Å². The Kier molecular flexibility index (Phi) is 13.5. The van der Waals surface area contributed by atoms with Crippen LogP contribution in [0.4, 0.5) is 10.5 Å². The van der Waals surface area contributed by atoms with Crippen LogP contribution in [0.25, 0.3) is 11.0 Å². The minimum Gasteiger partial charge on any atom is -0.491 e. The second-order valence-corrected chi connectivity index (χ2v) is 14.3.